The third-order valence-electron chi connectivity index (χ3n) is 3.14. The van der Waals surface area contributed by atoms with Crippen molar-refractivity contribution in [3.63, 3.8) is 0 Å². The predicted molar refractivity (Wildman–Crippen MR) is 76.7 cm³/mol. The van der Waals surface area contributed by atoms with E-state index in [1.807, 2.05) is 30.3 Å². The predicted octanol–water partition coefficient (Wildman–Crippen LogP) is 1.18. The number of aliphatic hydroxyl groups is 1. The van der Waals surface area contributed by atoms with Gasteiger partial charge in [0.1, 0.15) is 0 Å². The summed E-state index contributed by atoms with van der Waals surface area (Å²) in [6.45, 7) is 0.909. The second-order valence-corrected chi connectivity index (χ2v) is 4.84. The largest absolute Gasteiger partial charge is 0.396 e. The van der Waals surface area contributed by atoms with Crippen LogP contribution >= 0.6 is 0 Å². The van der Waals surface area contributed by atoms with Crippen LogP contribution < -0.4 is 5.73 Å². The number of rotatable bonds is 8. The molecule has 1 rings (SSSR count). The Balaban J connectivity index is 2.35. The summed E-state index contributed by atoms with van der Waals surface area (Å²) < 4.78 is 0. The maximum Gasteiger partial charge on any atom is 0.239 e. The molecule has 4 nitrogen and oxygen atoms in total. The summed E-state index contributed by atoms with van der Waals surface area (Å²) in [6.07, 6.45) is 3.20. The second kappa shape index (κ2) is 8.67. The average molecular weight is 264 g/mol. The molecule has 1 amide bonds. The smallest absolute Gasteiger partial charge is 0.239 e. The normalized spacial score (nSPS) is 12.2. The molecule has 0 fully saturated rings. The lowest BCUT2D eigenvalue weighted by molar-refractivity contribution is -0.131. The van der Waals surface area contributed by atoms with Gasteiger partial charge >= 0.3 is 0 Å². The van der Waals surface area contributed by atoms with Crippen LogP contribution in [0.2, 0.25) is 0 Å². The highest BCUT2D eigenvalue weighted by Crippen LogP contribution is 2.05. The van der Waals surface area contributed by atoms with Crippen LogP contribution in [0.1, 0.15) is 24.8 Å². The van der Waals surface area contributed by atoms with E-state index >= 15 is 0 Å². The van der Waals surface area contributed by atoms with Gasteiger partial charge in [-0.2, -0.15) is 0 Å². The molecule has 0 unspecified atom stereocenters. The van der Waals surface area contributed by atoms with E-state index < -0.39 is 6.04 Å². The molecule has 0 spiro atoms. The third kappa shape index (κ3) is 5.85. The minimum atomic E-state index is -0.481. The van der Waals surface area contributed by atoms with Gasteiger partial charge in [-0.3, -0.25) is 4.79 Å². The highest BCUT2D eigenvalue weighted by molar-refractivity contribution is 5.81. The molecule has 1 atom stereocenters. The molecule has 0 heterocycles. The zero-order valence-electron chi connectivity index (χ0n) is 11.6. The molecule has 106 valence electrons. The van der Waals surface area contributed by atoms with E-state index in [0.29, 0.717) is 13.0 Å². The number of nitrogens with two attached hydrogens (primary N) is 1. The van der Waals surface area contributed by atoms with Crippen molar-refractivity contribution in [3.05, 3.63) is 35.9 Å². The summed E-state index contributed by atoms with van der Waals surface area (Å²) in [6, 6.07) is 9.33. The fourth-order valence-electron chi connectivity index (χ4n) is 1.99. The minimum absolute atomic E-state index is 0.0205. The van der Waals surface area contributed by atoms with Crippen molar-refractivity contribution < 1.29 is 9.90 Å². The van der Waals surface area contributed by atoms with E-state index in [9.17, 15) is 4.79 Å². The number of likely N-dealkylation sites (N-methyl/N-ethyl adjacent to an activating group) is 1. The summed E-state index contributed by atoms with van der Waals surface area (Å²) in [4.78, 5) is 13.7. The molecule has 0 saturated carbocycles. The summed E-state index contributed by atoms with van der Waals surface area (Å²) in [7, 11) is 1.78. The van der Waals surface area contributed by atoms with Crippen molar-refractivity contribution in [2.24, 2.45) is 5.73 Å². The highest BCUT2D eigenvalue weighted by Gasteiger charge is 2.17. The molecule has 0 saturated heterocycles. The van der Waals surface area contributed by atoms with Crippen molar-refractivity contribution >= 4 is 5.91 Å². The Morgan fingerprint density at radius 3 is 2.58 bits per heavy atom. The Morgan fingerprint density at radius 1 is 1.26 bits per heavy atom. The Morgan fingerprint density at radius 2 is 1.95 bits per heavy atom. The molecule has 0 aliphatic heterocycles. The van der Waals surface area contributed by atoms with Crippen LogP contribution in [0, 0.1) is 0 Å². The molecule has 0 aromatic heterocycles. The van der Waals surface area contributed by atoms with Gasteiger partial charge in [0, 0.05) is 20.2 Å². The molecule has 0 aliphatic rings. The first-order valence-corrected chi connectivity index (χ1v) is 6.80. The number of hydrogen-bond donors (Lipinski definition) is 2. The number of unbranched alkanes of at least 4 members (excludes halogenated alkanes) is 2. The van der Waals surface area contributed by atoms with Crippen molar-refractivity contribution in [1.29, 1.82) is 0 Å². The zero-order valence-corrected chi connectivity index (χ0v) is 11.6. The molecule has 1 aromatic rings. The fourth-order valence-corrected chi connectivity index (χ4v) is 1.99. The van der Waals surface area contributed by atoms with Crippen molar-refractivity contribution in [2.45, 2.75) is 31.7 Å². The van der Waals surface area contributed by atoms with Crippen LogP contribution in [0.5, 0.6) is 0 Å². The topological polar surface area (TPSA) is 66.6 Å². The van der Waals surface area contributed by atoms with E-state index in [-0.39, 0.29) is 12.5 Å². The van der Waals surface area contributed by atoms with Gasteiger partial charge in [0.2, 0.25) is 5.91 Å². The molecule has 0 bridgehead atoms. The Kier molecular flexibility index (Phi) is 7.15. The van der Waals surface area contributed by atoms with Crippen molar-refractivity contribution in [3.8, 4) is 0 Å². The number of carbonyl (C=O) groups is 1. The van der Waals surface area contributed by atoms with Crippen LogP contribution in [0.4, 0.5) is 0 Å². The average Bonchev–Trinajstić information content (AvgIpc) is 2.43. The summed E-state index contributed by atoms with van der Waals surface area (Å²) in [5.41, 5.74) is 7.03. The zero-order chi connectivity index (χ0) is 14.1. The van der Waals surface area contributed by atoms with E-state index in [1.54, 1.807) is 11.9 Å². The van der Waals surface area contributed by atoms with Crippen LogP contribution in [-0.4, -0.2) is 42.2 Å². The van der Waals surface area contributed by atoms with Gasteiger partial charge in [-0.15, -0.1) is 0 Å². The number of nitrogens with zero attached hydrogens (tertiary/aromatic N) is 1. The number of aliphatic hydroxyl groups excluding tert-OH is 1. The molecule has 4 heteroatoms. The van der Waals surface area contributed by atoms with Gasteiger partial charge in [0.05, 0.1) is 6.04 Å². The van der Waals surface area contributed by atoms with Crippen molar-refractivity contribution in [1.82, 2.24) is 4.90 Å². The summed E-state index contributed by atoms with van der Waals surface area (Å²) in [5, 5.41) is 8.69. The first-order chi connectivity index (χ1) is 9.15. The lowest BCUT2D eigenvalue weighted by Gasteiger charge is -2.21. The number of benzene rings is 1. The van der Waals surface area contributed by atoms with E-state index in [4.69, 9.17) is 10.8 Å². The van der Waals surface area contributed by atoms with Gasteiger partial charge in [0.15, 0.2) is 0 Å². The molecule has 0 aliphatic carbocycles. The maximum atomic E-state index is 12.1. The van der Waals surface area contributed by atoms with Gasteiger partial charge in [-0.05, 0) is 31.2 Å². The second-order valence-electron chi connectivity index (χ2n) is 4.84. The number of carbonyl (C=O) groups excluding carboxylic acids is 1. The van der Waals surface area contributed by atoms with E-state index in [1.165, 1.54) is 0 Å². The van der Waals surface area contributed by atoms with E-state index in [2.05, 4.69) is 0 Å². The van der Waals surface area contributed by atoms with Crippen LogP contribution in [0.25, 0.3) is 0 Å². The Bertz CT molecular complexity index is 368. The molecule has 1 aromatic carbocycles. The number of hydrogen-bond acceptors (Lipinski definition) is 3. The van der Waals surface area contributed by atoms with Crippen LogP contribution in [-0.2, 0) is 11.2 Å². The molecule has 3 N–H and O–H groups in total. The molecule has 0 radical (unpaired) electrons. The lowest BCUT2D eigenvalue weighted by atomic mass is 10.1. The molecular formula is C15H24N2O2. The Labute approximate surface area is 115 Å². The third-order valence-corrected chi connectivity index (χ3v) is 3.14. The maximum absolute atomic E-state index is 12.1. The summed E-state index contributed by atoms with van der Waals surface area (Å²) in [5.74, 6) is -0.0205. The lowest BCUT2D eigenvalue weighted by Crippen LogP contribution is -2.43. The van der Waals surface area contributed by atoms with Crippen molar-refractivity contribution in [2.75, 3.05) is 20.2 Å². The number of amides is 1. The fraction of sp³-hybridized carbons (Fsp3) is 0.533. The van der Waals surface area contributed by atoms with Gasteiger partial charge in [0.25, 0.3) is 0 Å². The first-order valence-electron chi connectivity index (χ1n) is 6.80. The van der Waals surface area contributed by atoms with Crippen LogP contribution in [0.3, 0.4) is 0 Å². The minimum Gasteiger partial charge on any atom is -0.396 e. The van der Waals surface area contributed by atoms with Gasteiger partial charge in [-0.25, -0.2) is 0 Å². The quantitative estimate of drug-likeness (QED) is 0.693. The molecule has 19 heavy (non-hydrogen) atoms. The first kappa shape index (κ1) is 15.7. The van der Waals surface area contributed by atoms with Gasteiger partial charge in [-0.1, -0.05) is 30.3 Å². The molecular weight excluding hydrogens is 240 g/mol. The SMILES string of the molecule is CN(CCCCCO)C(=O)[C@@H](N)Cc1ccccc1. The van der Waals surface area contributed by atoms with Crippen LogP contribution in [0.15, 0.2) is 30.3 Å². The monoisotopic (exact) mass is 264 g/mol. The highest BCUT2D eigenvalue weighted by atomic mass is 16.2. The van der Waals surface area contributed by atoms with Gasteiger partial charge < -0.3 is 15.7 Å². The van der Waals surface area contributed by atoms with E-state index in [0.717, 1.165) is 24.8 Å². The Hall–Kier alpha value is -1.39. The summed E-state index contributed by atoms with van der Waals surface area (Å²) >= 11 is 0. The standard InChI is InChI=1S/C15H24N2O2/c1-17(10-6-3-7-11-18)15(19)14(16)12-13-8-4-2-5-9-13/h2,4-5,8-9,14,18H,3,6-7,10-12,16H2,1H3/t14-/m0/s1.